The van der Waals surface area contributed by atoms with E-state index in [2.05, 4.69) is 6.92 Å². The monoisotopic (exact) mass is 376 g/mol. The molecule has 28 heavy (non-hydrogen) atoms. The molecule has 2 aromatic rings. The first-order valence-electron chi connectivity index (χ1n) is 10.3. The van der Waals surface area contributed by atoms with Gasteiger partial charge in [0.2, 0.25) is 5.91 Å². The van der Waals surface area contributed by atoms with E-state index in [1.165, 1.54) is 0 Å². The van der Waals surface area contributed by atoms with Crippen LogP contribution in [0.3, 0.4) is 0 Å². The van der Waals surface area contributed by atoms with Crippen molar-refractivity contribution in [3.63, 3.8) is 0 Å². The van der Waals surface area contributed by atoms with Crippen LogP contribution < -0.4 is 0 Å². The van der Waals surface area contributed by atoms with Crippen molar-refractivity contribution in [2.45, 2.75) is 57.2 Å². The van der Waals surface area contributed by atoms with Gasteiger partial charge in [-0.25, -0.2) is 0 Å². The summed E-state index contributed by atoms with van der Waals surface area (Å²) in [7, 11) is 1.85. The summed E-state index contributed by atoms with van der Waals surface area (Å²) in [5.41, 5.74) is 2.85. The molecule has 2 aromatic carbocycles. The molecule has 2 aliphatic rings. The molecule has 0 unspecified atom stereocenters. The Hall–Kier alpha value is -2.62. The van der Waals surface area contributed by atoms with Crippen LogP contribution in [0.1, 0.15) is 60.0 Å². The van der Waals surface area contributed by atoms with Crippen LogP contribution in [0.4, 0.5) is 0 Å². The van der Waals surface area contributed by atoms with Gasteiger partial charge in [0.1, 0.15) is 6.04 Å². The number of fused-ring (bicyclic) bond motifs is 1. The third-order valence-corrected chi connectivity index (χ3v) is 6.30. The lowest BCUT2D eigenvalue weighted by Crippen LogP contribution is -2.58. The lowest BCUT2D eigenvalue weighted by molar-refractivity contribution is -0.137. The molecular weight excluding hydrogens is 348 g/mol. The van der Waals surface area contributed by atoms with Crippen molar-refractivity contribution in [1.29, 1.82) is 0 Å². The molecule has 0 saturated heterocycles. The Morgan fingerprint density at radius 2 is 1.68 bits per heavy atom. The van der Waals surface area contributed by atoms with E-state index >= 15 is 0 Å². The Kier molecular flexibility index (Phi) is 5.21. The van der Waals surface area contributed by atoms with Gasteiger partial charge in [0.05, 0.1) is 0 Å². The van der Waals surface area contributed by atoms with E-state index in [0.717, 1.165) is 42.4 Å². The summed E-state index contributed by atoms with van der Waals surface area (Å²) in [5, 5.41) is 0. The summed E-state index contributed by atoms with van der Waals surface area (Å²) < 4.78 is 0. The van der Waals surface area contributed by atoms with E-state index in [1.54, 1.807) is 4.90 Å². The van der Waals surface area contributed by atoms with Crippen molar-refractivity contribution in [2.75, 3.05) is 7.05 Å². The summed E-state index contributed by atoms with van der Waals surface area (Å²) >= 11 is 0. The maximum Gasteiger partial charge on any atom is 0.255 e. The predicted molar refractivity (Wildman–Crippen MR) is 110 cm³/mol. The fourth-order valence-electron chi connectivity index (χ4n) is 4.83. The van der Waals surface area contributed by atoms with E-state index in [0.29, 0.717) is 6.54 Å². The molecule has 2 amide bonds. The minimum atomic E-state index is -0.431. The van der Waals surface area contributed by atoms with Crippen LogP contribution >= 0.6 is 0 Å². The Labute approximate surface area is 167 Å². The van der Waals surface area contributed by atoms with Gasteiger partial charge in [0.25, 0.3) is 5.91 Å². The molecule has 2 atom stereocenters. The van der Waals surface area contributed by atoms with E-state index in [-0.39, 0.29) is 23.8 Å². The molecular formula is C24H28N2O2. The molecule has 1 aliphatic carbocycles. The minimum absolute atomic E-state index is 0.0137. The van der Waals surface area contributed by atoms with E-state index in [1.807, 2.05) is 66.5 Å². The van der Waals surface area contributed by atoms with Crippen LogP contribution in [-0.2, 0) is 11.3 Å². The van der Waals surface area contributed by atoms with Crippen LogP contribution in [0.25, 0.3) is 0 Å². The van der Waals surface area contributed by atoms with Gasteiger partial charge in [-0.05, 0) is 30.0 Å². The molecule has 4 heteroatoms. The third kappa shape index (κ3) is 3.32. The Morgan fingerprint density at radius 3 is 2.39 bits per heavy atom. The normalized spacial score (nSPS) is 22.2. The molecule has 4 rings (SSSR count). The van der Waals surface area contributed by atoms with Crippen molar-refractivity contribution in [3.8, 4) is 0 Å². The van der Waals surface area contributed by atoms with Crippen molar-refractivity contribution >= 4 is 11.8 Å². The number of rotatable bonds is 4. The second kappa shape index (κ2) is 7.78. The van der Waals surface area contributed by atoms with Crippen molar-refractivity contribution in [1.82, 2.24) is 9.80 Å². The van der Waals surface area contributed by atoms with Gasteiger partial charge in [0.15, 0.2) is 0 Å². The number of amides is 2. The number of hydrogen-bond donors (Lipinski definition) is 0. The van der Waals surface area contributed by atoms with Gasteiger partial charge >= 0.3 is 0 Å². The Balaban J connectivity index is 1.67. The largest absolute Gasteiger partial charge is 0.340 e. The second-order valence-corrected chi connectivity index (χ2v) is 8.15. The maximum atomic E-state index is 13.6. The molecule has 1 heterocycles. The molecule has 1 fully saturated rings. The van der Waals surface area contributed by atoms with Gasteiger partial charge in [-0.1, -0.05) is 68.3 Å². The first-order chi connectivity index (χ1) is 13.6. The number of carbonyl (C=O) groups excluding carboxylic acids is 2. The highest BCUT2D eigenvalue weighted by atomic mass is 16.2. The van der Waals surface area contributed by atoms with Crippen molar-refractivity contribution in [3.05, 3.63) is 71.3 Å². The van der Waals surface area contributed by atoms with Crippen molar-refractivity contribution < 1.29 is 9.59 Å². The molecule has 1 aliphatic heterocycles. The highest BCUT2D eigenvalue weighted by molar-refractivity contribution is 6.01. The zero-order chi connectivity index (χ0) is 19.7. The number of nitrogens with zero attached hydrogens (tertiary/aromatic N) is 2. The van der Waals surface area contributed by atoms with E-state index in [9.17, 15) is 9.59 Å². The first-order valence-corrected chi connectivity index (χ1v) is 10.3. The van der Waals surface area contributed by atoms with Crippen LogP contribution in [0.5, 0.6) is 0 Å². The SMILES string of the molecule is C[C@@H]1c2ccccc2C(=O)N(C2CCCC2)[C@H]1C(=O)N(C)Cc1ccccc1. The fourth-order valence-corrected chi connectivity index (χ4v) is 4.83. The zero-order valence-corrected chi connectivity index (χ0v) is 16.7. The summed E-state index contributed by atoms with van der Waals surface area (Å²) in [6, 6.07) is 17.5. The summed E-state index contributed by atoms with van der Waals surface area (Å²) in [5.74, 6) is 0.0402. The van der Waals surface area contributed by atoms with Gasteiger partial charge in [-0.2, -0.15) is 0 Å². The molecule has 0 aromatic heterocycles. The molecule has 0 radical (unpaired) electrons. The predicted octanol–water partition coefficient (Wildman–Crippen LogP) is 4.22. The number of likely N-dealkylation sites (N-methyl/N-ethyl adjacent to an activating group) is 1. The van der Waals surface area contributed by atoms with Crippen LogP contribution in [0.15, 0.2) is 54.6 Å². The average molecular weight is 377 g/mol. The smallest absolute Gasteiger partial charge is 0.255 e. The average Bonchev–Trinajstić information content (AvgIpc) is 3.25. The van der Waals surface area contributed by atoms with Gasteiger partial charge in [-0.3, -0.25) is 9.59 Å². The third-order valence-electron chi connectivity index (χ3n) is 6.30. The standard InChI is InChI=1S/C24H28N2O2/c1-17-20-14-8-9-15-21(20)23(27)26(19-12-6-7-13-19)22(17)24(28)25(2)16-18-10-4-3-5-11-18/h3-5,8-11,14-15,17,19,22H,6-7,12-13,16H2,1-2H3/t17-,22-/m1/s1. The molecule has 4 nitrogen and oxygen atoms in total. The van der Waals surface area contributed by atoms with Gasteiger partial charge < -0.3 is 9.80 Å². The maximum absolute atomic E-state index is 13.6. The fraction of sp³-hybridized carbons (Fsp3) is 0.417. The van der Waals surface area contributed by atoms with E-state index < -0.39 is 6.04 Å². The summed E-state index contributed by atoms with van der Waals surface area (Å²) in [6.07, 6.45) is 4.25. The molecule has 1 saturated carbocycles. The number of hydrogen-bond acceptors (Lipinski definition) is 2. The van der Waals surface area contributed by atoms with Crippen molar-refractivity contribution in [2.24, 2.45) is 0 Å². The second-order valence-electron chi connectivity index (χ2n) is 8.15. The quantitative estimate of drug-likeness (QED) is 0.802. The first kappa shape index (κ1) is 18.7. The van der Waals surface area contributed by atoms with Crippen LogP contribution in [-0.4, -0.2) is 40.7 Å². The van der Waals surface area contributed by atoms with Crippen LogP contribution in [0, 0.1) is 0 Å². The van der Waals surface area contributed by atoms with Gasteiger partial charge in [0, 0.05) is 31.1 Å². The summed E-state index contributed by atoms with van der Waals surface area (Å²) in [4.78, 5) is 30.7. The Bertz CT molecular complexity index is 858. The van der Waals surface area contributed by atoms with E-state index in [4.69, 9.17) is 0 Å². The number of carbonyl (C=O) groups is 2. The highest BCUT2D eigenvalue weighted by Crippen LogP contribution is 2.38. The zero-order valence-electron chi connectivity index (χ0n) is 16.7. The molecule has 0 bridgehead atoms. The molecule has 0 spiro atoms. The summed E-state index contributed by atoms with van der Waals surface area (Å²) in [6.45, 7) is 2.64. The Morgan fingerprint density at radius 1 is 1.04 bits per heavy atom. The lowest BCUT2D eigenvalue weighted by Gasteiger charge is -2.44. The topological polar surface area (TPSA) is 40.6 Å². The number of benzene rings is 2. The minimum Gasteiger partial charge on any atom is -0.340 e. The van der Waals surface area contributed by atoms with Crippen LogP contribution in [0.2, 0.25) is 0 Å². The van der Waals surface area contributed by atoms with Gasteiger partial charge in [-0.15, -0.1) is 0 Å². The molecule has 146 valence electrons. The molecule has 0 N–H and O–H groups in total. The highest BCUT2D eigenvalue weighted by Gasteiger charge is 2.45. The lowest BCUT2D eigenvalue weighted by atomic mass is 9.82.